The van der Waals surface area contributed by atoms with E-state index in [9.17, 15) is 0 Å². The van der Waals surface area contributed by atoms with Gasteiger partial charge in [0.05, 0.1) is 16.8 Å². The topological polar surface area (TPSA) is 12.0 Å². The summed E-state index contributed by atoms with van der Waals surface area (Å²) in [6, 6.07) is 10.9. The number of rotatable bonds is 1. The number of hydrogen-bond acceptors (Lipinski definition) is 2. The van der Waals surface area contributed by atoms with Crippen molar-refractivity contribution >= 4 is 28.6 Å². The second-order valence-corrected chi connectivity index (χ2v) is 5.85. The van der Waals surface area contributed by atoms with Gasteiger partial charge in [0.1, 0.15) is 0 Å². The maximum Gasteiger partial charge on any atom is 0.0648 e. The van der Waals surface area contributed by atoms with Gasteiger partial charge in [-0.15, -0.1) is 11.3 Å². The minimum atomic E-state index is 0.397. The van der Waals surface area contributed by atoms with Gasteiger partial charge < -0.3 is 5.32 Å². The number of halogens is 1. The summed E-state index contributed by atoms with van der Waals surface area (Å²) < 4.78 is 0. The summed E-state index contributed by atoms with van der Waals surface area (Å²) in [4.78, 5) is 2.75. The number of para-hydroxylation sites is 1. The van der Waals surface area contributed by atoms with Gasteiger partial charge in [-0.2, -0.15) is 0 Å². The highest BCUT2D eigenvalue weighted by molar-refractivity contribution is 7.12. The Labute approximate surface area is 104 Å². The smallest absolute Gasteiger partial charge is 0.0648 e. The Hall–Kier alpha value is -0.990. The van der Waals surface area contributed by atoms with E-state index in [1.807, 2.05) is 23.5 Å². The Morgan fingerprint density at radius 1 is 1.31 bits per heavy atom. The highest BCUT2D eigenvalue weighted by atomic mass is 35.5. The van der Waals surface area contributed by atoms with E-state index in [4.69, 9.17) is 11.6 Å². The zero-order chi connectivity index (χ0) is 11.1. The van der Waals surface area contributed by atoms with Crippen LogP contribution in [-0.4, -0.2) is 0 Å². The molecule has 16 heavy (non-hydrogen) atoms. The quantitative estimate of drug-likeness (QED) is 0.789. The normalized spacial score (nSPS) is 18.2. The van der Waals surface area contributed by atoms with Gasteiger partial charge in [-0.3, -0.25) is 0 Å². The average Bonchev–Trinajstić information content (AvgIpc) is 2.84. The second kappa shape index (κ2) is 3.79. The van der Waals surface area contributed by atoms with Crippen LogP contribution in [0.2, 0.25) is 5.02 Å². The van der Waals surface area contributed by atoms with Gasteiger partial charge in [0.25, 0.3) is 0 Å². The van der Waals surface area contributed by atoms with Crippen molar-refractivity contribution in [1.82, 2.24) is 0 Å². The summed E-state index contributed by atoms with van der Waals surface area (Å²) in [5.41, 5.74) is 2.43. The van der Waals surface area contributed by atoms with Crippen LogP contribution < -0.4 is 5.32 Å². The highest BCUT2D eigenvalue weighted by Crippen LogP contribution is 2.40. The van der Waals surface area contributed by atoms with E-state index in [0.717, 1.165) is 17.1 Å². The molecule has 0 saturated heterocycles. The predicted molar refractivity (Wildman–Crippen MR) is 70.6 cm³/mol. The molecule has 0 amide bonds. The zero-order valence-corrected chi connectivity index (χ0v) is 10.5. The largest absolute Gasteiger partial charge is 0.376 e. The first-order valence-electron chi connectivity index (χ1n) is 5.34. The Bertz CT molecular complexity index is 532. The molecular formula is C13H12ClNS. The van der Waals surface area contributed by atoms with Crippen LogP contribution in [-0.2, 0) is 6.42 Å². The number of anilines is 1. The molecule has 0 aliphatic carbocycles. The molecule has 3 rings (SSSR count). The molecule has 1 aromatic heterocycles. The SMILES string of the molecule is Cc1ccc(C2Cc3cccc(Cl)c3N2)s1. The van der Waals surface area contributed by atoms with Crippen LogP contribution in [0, 0.1) is 6.92 Å². The first kappa shape index (κ1) is 10.2. The highest BCUT2D eigenvalue weighted by Gasteiger charge is 2.24. The Morgan fingerprint density at radius 2 is 2.19 bits per heavy atom. The maximum atomic E-state index is 6.17. The van der Waals surface area contributed by atoms with Crippen molar-refractivity contribution in [3.8, 4) is 0 Å². The number of aryl methyl sites for hydroxylation is 1. The summed E-state index contributed by atoms with van der Waals surface area (Å²) >= 11 is 8.02. The lowest BCUT2D eigenvalue weighted by atomic mass is 10.1. The molecule has 1 N–H and O–H groups in total. The van der Waals surface area contributed by atoms with Crippen LogP contribution in [0.1, 0.15) is 21.4 Å². The standard InChI is InChI=1S/C13H12ClNS/c1-8-5-6-12(16-8)11-7-9-3-2-4-10(14)13(9)15-11/h2-6,11,15H,7H2,1H3. The molecule has 1 aliphatic rings. The van der Waals surface area contributed by atoms with Gasteiger partial charge in [0.15, 0.2) is 0 Å². The molecule has 0 saturated carbocycles. The molecule has 0 spiro atoms. The van der Waals surface area contributed by atoms with Gasteiger partial charge in [-0.1, -0.05) is 23.7 Å². The molecule has 1 aromatic carbocycles. The molecule has 0 fully saturated rings. The van der Waals surface area contributed by atoms with Crippen molar-refractivity contribution in [2.75, 3.05) is 5.32 Å². The molecular weight excluding hydrogens is 238 g/mol. The van der Waals surface area contributed by atoms with Crippen molar-refractivity contribution in [3.63, 3.8) is 0 Å². The Balaban J connectivity index is 1.93. The van der Waals surface area contributed by atoms with Crippen LogP contribution in [0.15, 0.2) is 30.3 Å². The lowest BCUT2D eigenvalue weighted by molar-refractivity contribution is 0.843. The molecule has 1 atom stereocenters. The van der Waals surface area contributed by atoms with Crippen LogP contribution >= 0.6 is 22.9 Å². The fourth-order valence-electron chi connectivity index (χ4n) is 2.16. The maximum absolute atomic E-state index is 6.17. The Morgan fingerprint density at radius 3 is 2.88 bits per heavy atom. The van der Waals surface area contributed by atoms with Crippen molar-refractivity contribution < 1.29 is 0 Å². The number of hydrogen-bond donors (Lipinski definition) is 1. The van der Waals surface area contributed by atoms with Crippen molar-refractivity contribution in [1.29, 1.82) is 0 Å². The Kier molecular flexibility index (Phi) is 2.41. The van der Waals surface area contributed by atoms with E-state index in [1.165, 1.54) is 15.3 Å². The molecule has 2 heterocycles. The van der Waals surface area contributed by atoms with E-state index in [0.29, 0.717) is 6.04 Å². The molecule has 3 heteroatoms. The predicted octanol–water partition coefficient (Wildman–Crippen LogP) is 4.42. The monoisotopic (exact) mass is 249 g/mol. The van der Waals surface area contributed by atoms with Crippen molar-refractivity contribution in [2.45, 2.75) is 19.4 Å². The third kappa shape index (κ3) is 1.62. The van der Waals surface area contributed by atoms with Gasteiger partial charge in [-0.25, -0.2) is 0 Å². The minimum absolute atomic E-state index is 0.397. The van der Waals surface area contributed by atoms with E-state index < -0.39 is 0 Å². The summed E-state index contributed by atoms with van der Waals surface area (Å²) in [6.45, 7) is 2.14. The third-order valence-corrected chi connectivity index (χ3v) is 4.38. The summed E-state index contributed by atoms with van der Waals surface area (Å²) in [5.74, 6) is 0. The van der Waals surface area contributed by atoms with Crippen molar-refractivity contribution in [2.24, 2.45) is 0 Å². The van der Waals surface area contributed by atoms with E-state index in [1.54, 1.807) is 0 Å². The number of benzene rings is 1. The van der Waals surface area contributed by atoms with Crippen LogP contribution in [0.3, 0.4) is 0 Å². The molecule has 0 bridgehead atoms. The molecule has 1 aliphatic heterocycles. The van der Waals surface area contributed by atoms with Crippen LogP contribution in [0.4, 0.5) is 5.69 Å². The van der Waals surface area contributed by atoms with E-state index >= 15 is 0 Å². The fraction of sp³-hybridized carbons (Fsp3) is 0.231. The van der Waals surface area contributed by atoms with Gasteiger partial charge in [0.2, 0.25) is 0 Å². The molecule has 82 valence electrons. The first-order chi connectivity index (χ1) is 7.74. The summed E-state index contributed by atoms with van der Waals surface area (Å²) in [7, 11) is 0. The number of nitrogens with one attached hydrogen (secondary N) is 1. The average molecular weight is 250 g/mol. The first-order valence-corrected chi connectivity index (χ1v) is 6.54. The van der Waals surface area contributed by atoms with Gasteiger partial charge in [-0.05, 0) is 37.1 Å². The number of thiophene rings is 1. The summed E-state index contributed by atoms with van der Waals surface area (Å²) in [5, 5.41) is 4.34. The fourth-order valence-corrected chi connectivity index (χ4v) is 3.34. The zero-order valence-electron chi connectivity index (χ0n) is 8.96. The molecule has 0 radical (unpaired) electrons. The lowest BCUT2D eigenvalue weighted by Crippen LogP contribution is -2.03. The van der Waals surface area contributed by atoms with Crippen LogP contribution in [0.5, 0.6) is 0 Å². The van der Waals surface area contributed by atoms with Gasteiger partial charge in [0, 0.05) is 9.75 Å². The van der Waals surface area contributed by atoms with Gasteiger partial charge >= 0.3 is 0 Å². The van der Waals surface area contributed by atoms with E-state index in [-0.39, 0.29) is 0 Å². The minimum Gasteiger partial charge on any atom is -0.376 e. The van der Waals surface area contributed by atoms with Crippen molar-refractivity contribution in [3.05, 3.63) is 50.7 Å². The molecule has 1 nitrogen and oxygen atoms in total. The van der Waals surface area contributed by atoms with Crippen LogP contribution in [0.25, 0.3) is 0 Å². The summed E-state index contributed by atoms with van der Waals surface area (Å²) in [6.07, 6.45) is 1.04. The lowest BCUT2D eigenvalue weighted by Gasteiger charge is -2.08. The number of fused-ring (bicyclic) bond motifs is 1. The second-order valence-electron chi connectivity index (χ2n) is 4.12. The van der Waals surface area contributed by atoms with E-state index in [2.05, 4.69) is 30.4 Å². The molecule has 2 aromatic rings. The third-order valence-electron chi connectivity index (χ3n) is 2.95. The molecule has 1 unspecified atom stereocenters.